The van der Waals surface area contributed by atoms with E-state index in [2.05, 4.69) is 45.0 Å². The fourth-order valence-corrected chi connectivity index (χ4v) is 4.49. The fourth-order valence-electron chi connectivity index (χ4n) is 4.49. The second kappa shape index (κ2) is 14.8. The van der Waals surface area contributed by atoms with Gasteiger partial charge in [-0.05, 0) is 78.4 Å². The minimum Gasteiger partial charge on any atom is -0.491 e. The maximum Gasteiger partial charge on any atom is 0.165 e. The molecule has 0 saturated heterocycles. The van der Waals surface area contributed by atoms with Crippen molar-refractivity contribution in [3.05, 3.63) is 60.4 Å². The monoisotopic (exact) mass is 478 g/mol. The summed E-state index contributed by atoms with van der Waals surface area (Å²) >= 11 is 0. The third kappa shape index (κ3) is 8.87. The van der Waals surface area contributed by atoms with Crippen molar-refractivity contribution in [1.82, 2.24) is 0 Å². The Bertz CT molecular complexity index is 1030. The Morgan fingerprint density at radius 3 is 2.09 bits per heavy atom. The molecule has 2 nitrogen and oxygen atoms in total. The van der Waals surface area contributed by atoms with E-state index in [1.165, 1.54) is 51.4 Å². The van der Waals surface area contributed by atoms with Crippen LogP contribution in [0.15, 0.2) is 54.6 Å². The molecule has 35 heavy (non-hydrogen) atoms. The van der Waals surface area contributed by atoms with E-state index in [0.717, 1.165) is 46.9 Å². The predicted octanol–water partition coefficient (Wildman–Crippen LogP) is 10.1. The van der Waals surface area contributed by atoms with Crippen LogP contribution in [0, 0.1) is 5.82 Å². The van der Waals surface area contributed by atoms with E-state index in [9.17, 15) is 4.39 Å². The maximum atomic E-state index is 14.7. The van der Waals surface area contributed by atoms with E-state index >= 15 is 0 Å². The number of halogens is 1. The Balaban J connectivity index is 1.56. The van der Waals surface area contributed by atoms with Gasteiger partial charge >= 0.3 is 0 Å². The highest BCUT2D eigenvalue weighted by Crippen LogP contribution is 2.30. The van der Waals surface area contributed by atoms with E-state index in [0.29, 0.717) is 12.4 Å². The molecular weight excluding hydrogens is 435 g/mol. The van der Waals surface area contributed by atoms with Crippen LogP contribution in [0.2, 0.25) is 0 Å². The number of hydrogen-bond donors (Lipinski definition) is 0. The minimum atomic E-state index is -0.301. The van der Waals surface area contributed by atoms with Crippen LogP contribution in [-0.4, -0.2) is 12.7 Å². The largest absolute Gasteiger partial charge is 0.491 e. The highest BCUT2D eigenvalue weighted by atomic mass is 19.1. The average molecular weight is 479 g/mol. The van der Waals surface area contributed by atoms with Crippen LogP contribution in [0.4, 0.5) is 4.39 Å². The van der Waals surface area contributed by atoms with Crippen molar-refractivity contribution in [2.45, 2.75) is 97.5 Å². The summed E-state index contributed by atoms with van der Waals surface area (Å²) in [5, 5.41) is 2.25. The zero-order valence-electron chi connectivity index (χ0n) is 22.0. The van der Waals surface area contributed by atoms with Gasteiger partial charge in [0.15, 0.2) is 11.6 Å². The van der Waals surface area contributed by atoms with E-state index < -0.39 is 0 Å². The van der Waals surface area contributed by atoms with Gasteiger partial charge in [-0.25, -0.2) is 4.39 Å². The molecule has 0 amide bonds. The highest BCUT2D eigenvalue weighted by molar-refractivity contribution is 5.88. The first-order chi connectivity index (χ1) is 17.1. The first-order valence-corrected chi connectivity index (χ1v) is 13.7. The standard InChI is InChI=1S/C32H43FO2/c1-4-6-8-10-11-13-21-34-32-20-18-29(24-31(32)33)26-15-16-28-23-30(19-17-27(28)22-26)35-25(3)14-12-9-7-5-2/h15-20,22-25H,4-14,21H2,1-3H3. The van der Waals surface area contributed by atoms with Gasteiger partial charge in [0.2, 0.25) is 0 Å². The number of unbranched alkanes of at least 4 members (excludes halogenated alkanes) is 8. The van der Waals surface area contributed by atoms with Crippen LogP contribution in [0.5, 0.6) is 11.5 Å². The van der Waals surface area contributed by atoms with Gasteiger partial charge in [-0.15, -0.1) is 0 Å². The summed E-state index contributed by atoms with van der Waals surface area (Å²) in [6.07, 6.45) is 13.5. The lowest BCUT2D eigenvalue weighted by Crippen LogP contribution is -2.11. The van der Waals surface area contributed by atoms with Gasteiger partial charge < -0.3 is 9.47 Å². The average Bonchev–Trinajstić information content (AvgIpc) is 2.86. The molecule has 0 spiro atoms. The third-order valence-corrected chi connectivity index (χ3v) is 6.63. The molecule has 3 aromatic carbocycles. The van der Waals surface area contributed by atoms with Crippen molar-refractivity contribution in [2.75, 3.05) is 6.61 Å². The van der Waals surface area contributed by atoms with Gasteiger partial charge in [0.1, 0.15) is 5.75 Å². The Morgan fingerprint density at radius 1 is 0.686 bits per heavy atom. The summed E-state index contributed by atoms with van der Waals surface area (Å²) in [5.74, 6) is 0.949. The zero-order chi connectivity index (χ0) is 24.9. The molecule has 3 rings (SSSR count). The Labute approximate surface area is 211 Å². The number of fused-ring (bicyclic) bond motifs is 1. The smallest absolute Gasteiger partial charge is 0.165 e. The molecule has 0 N–H and O–H groups in total. The molecule has 0 bridgehead atoms. The van der Waals surface area contributed by atoms with Gasteiger partial charge in [0.25, 0.3) is 0 Å². The number of hydrogen-bond acceptors (Lipinski definition) is 2. The molecule has 0 saturated carbocycles. The molecule has 0 aliphatic heterocycles. The first-order valence-electron chi connectivity index (χ1n) is 13.7. The third-order valence-electron chi connectivity index (χ3n) is 6.63. The lowest BCUT2D eigenvalue weighted by atomic mass is 10.0. The van der Waals surface area contributed by atoms with Gasteiger partial charge in [0, 0.05) is 0 Å². The van der Waals surface area contributed by atoms with Crippen molar-refractivity contribution in [3.8, 4) is 22.6 Å². The maximum absolute atomic E-state index is 14.7. The fraction of sp³-hybridized carbons (Fsp3) is 0.500. The van der Waals surface area contributed by atoms with E-state index in [4.69, 9.17) is 9.47 Å². The first kappa shape index (κ1) is 27.0. The molecule has 1 unspecified atom stereocenters. The summed E-state index contributed by atoms with van der Waals surface area (Å²) < 4.78 is 26.5. The number of ether oxygens (including phenoxy) is 2. The molecule has 190 valence electrons. The molecule has 3 aromatic rings. The lowest BCUT2D eigenvalue weighted by molar-refractivity contribution is 0.206. The van der Waals surface area contributed by atoms with Gasteiger partial charge in [-0.2, -0.15) is 0 Å². The molecule has 0 heterocycles. The van der Waals surface area contributed by atoms with Crippen LogP contribution in [0.1, 0.15) is 91.4 Å². The molecule has 1 atom stereocenters. The topological polar surface area (TPSA) is 18.5 Å². The van der Waals surface area contributed by atoms with Crippen LogP contribution in [-0.2, 0) is 0 Å². The van der Waals surface area contributed by atoms with Crippen molar-refractivity contribution in [3.63, 3.8) is 0 Å². The quantitative estimate of drug-likeness (QED) is 0.191. The molecule has 0 aromatic heterocycles. The van der Waals surface area contributed by atoms with Crippen LogP contribution in [0.3, 0.4) is 0 Å². The number of rotatable bonds is 16. The van der Waals surface area contributed by atoms with E-state index in [-0.39, 0.29) is 11.9 Å². The SMILES string of the molecule is CCCCCCCCOc1ccc(-c2ccc3cc(OC(C)CCCCCC)ccc3c2)cc1F. The van der Waals surface area contributed by atoms with E-state index in [1.807, 2.05) is 18.2 Å². The van der Waals surface area contributed by atoms with Crippen LogP contribution < -0.4 is 9.47 Å². The molecule has 0 aliphatic carbocycles. The lowest BCUT2D eigenvalue weighted by Gasteiger charge is -2.15. The van der Waals surface area contributed by atoms with Crippen molar-refractivity contribution < 1.29 is 13.9 Å². The second-order valence-corrected chi connectivity index (χ2v) is 9.76. The summed E-state index contributed by atoms with van der Waals surface area (Å²) in [6, 6.07) is 17.7. The van der Waals surface area contributed by atoms with Crippen LogP contribution in [0.25, 0.3) is 21.9 Å². The Morgan fingerprint density at radius 2 is 1.31 bits per heavy atom. The predicted molar refractivity (Wildman–Crippen MR) is 147 cm³/mol. The summed E-state index contributed by atoms with van der Waals surface area (Å²) in [7, 11) is 0. The normalized spacial score (nSPS) is 12.1. The molecular formula is C32H43FO2. The van der Waals surface area contributed by atoms with Gasteiger partial charge in [-0.1, -0.05) is 89.5 Å². The second-order valence-electron chi connectivity index (χ2n) is 9.76. The highest BCUT2D eigenvalue weighted by Gasteiger charge is 2.09. The van der Waals surface area contributed by atoms with Crippen LogP contribution >= 0.6 is 0 Å². The summed E-state index contributed by atoms with van der Waals surface area (Å²) in [4.78, 5) is 0. The number of benzene rings is 3. The van der Waals surface area contributed by atoms with Crippen molar-refractivity contribution in [1.29, 1.82) is 0 Å². The zero-order valence-corrected chi connectivity index (χ0v) is 22.0. The summed E-state index contributed by atoms with van der Waals surface area (Å²) in [6.45, 7) is 7.17. The summed E-state index contributed by atoms with van der Waals surface area (Å²) in [5.41, 5.74) is 1.86. The van der Waals surface area contributed by atoms with Gasteiger partial charge in [-0.3, -0.25) is 0 Å². The molecule has 0 fully saturated rings. The van der Waals surface area contributed by atoms with Crippen molar-refractivity contribution >= 4 is 10.8 Å². The molecule has 3 heteroatoms. The molecule has 0 aliphatic rings. The Hall–Kier alpha value is -2.55. The van der Waals surface area contributed by atoms with Crippen molar-refractivity contribution in [2.24, 2.45) is 0 Å². The molecule has 0 radical (unpaired) electrons. The van der Waals surface area contributed by atoms with Gasteiger partial charge in [0.05, 0.1) is 12.7 Å². The Kier molecular flexibility index (Phi) is 11.4. The van der Waals surface area contributed by atoms with E-state index in [1.54, 1.807) is 12.1 Å². The minimum absolute atomic E-state index is 0.216.